The van der Waals surface area contributed by atoms with Gasteiger partial charge in [-0.15, -0.1) is 5.10 Å². The van der Waals surface area contributed by atoms with Crippen LogP contribution in [0.15, 0.2) is 88.5 Å². The minimum atomic E-state index is -0.437. The average molecular weight is 563 g/mol. The molecule has 11 nitrogen and oxygen atoms in total. The molecule has 42 heavy (non-hydrogen) atoms. The van der Waals surface area contributed by atoms with E-state index in [1.54, 1.807) is 7.11 Å². The molecule has 0 aliphatic carbocycles. The largest absolute Gasteiger partial charge is 0.383 e. The Labute approximate surface area is 241 Å². The lowest BCUT2D eigenvalue weighted by molar-refractivity contribution is 0.184. The summed E-state index contributed by atoms with van der Waals surface area (Å²) < 4.78 is 9.94. The summed E-state index contributed by atoms with van der Waals surface area (Å²) >= 11 is 0. The molecule has 0 aliphatic rings. The smallest absolute Gasteiger partial charge is 0.337 e. The number of aryl methyl sites for hydroxylation is 1. The second kappa shape index (κ2) is 11.8. The van der Waals surface area contributed by atoms with Crippen LogP contribution in [0.2, 0.25) is 0 Å². The van der Waals surface area contributed by atoms with E-state index < -0.39 is 5.69 Å². The van der Waals surface area contributed by atoms with Crippen molar-refractivity contribution in [3.8, 4) is 28.2 Å². The first-order chi connectivity index (χ1) is 20.6. The minimum absolute atomic E-state index is 0.139. The predicted octanol–water partition coefficient (Wildman–Crippen LogP) is 3.84. The van der Waals surface area contributed by atoms with Gasteiger partial charge in [0.1, 0.15) is 5.82 Å². The van der Waals surface area contributed by atoms with Crippen LogP contribution in [0.25, 0.3) is 39.4 Å². The van der Waals surface area contributed by atoms with Crippen LogP contribution >= 0.6 is 0 Å². The maximum absolute atomic E-state index is 13.9. The van der Waals surface area contributed by atoms with Gasteiger partial charge in [-0.05, 0) is 45.7 Å². The highest BCUT2D eigenvalue weighted by Crippen LogP contribution is 2.30. The summed E-state index contributed by atoms with van der Waals surface area (Å²) in [6.07, 6.45) is 1.49. The molecule has 3 aromatic heterocycles. The number of imidazole rings is 1. The first-order valence-electron chi connectivity index (χ1n) is 13.8. The van der Waals surface area contributed by atoms with Crippen molar-refractivity contribution in [1.82, 2.24) is 39.3 Å². The van der Waals surface area contributed by atoms with Crippen molar-refractivity contribution < 1.29 is 4.74 Å². The van der Waals surface area contributed by atoms with Crippen LogP contribution in [0.3, 0.4) is 0 Å². The highest BCUT2D eigenvalue weighted by Gasteiger charge is 2.22. The van der Waals surface area contributed by atoms with Gasteiger partial charge in [0.2, 0.25) is 0 Å². The molecule has 0 atom stereocenters. The van der Waals surface area contributed by atoms with Gasteiger partial charge in [-0.1, -0.05) is 73.7 Å². The van der Waals surface area contributed by atoms with Crippen molar-refractivity contribution in [3.63, 3.8) is 0 Å². The molecular formula is C31H30N8O3. The summed E-state index contributed by atoms with van der Waals surface area (Å²) in [4.78, 5) is 32.4. The van der Waals surface area contributed by atoms with Gasteiger partial charge in [0, 0.05) is 25.6 Å². The zero-order valence-electron chi connectivity index (χ0n) is 23.4. The van der Waals surface area contributed by atoms with Gasteiger partial charge in [0.05, 0.1) is 18.8 Å². The Balaban J connectivity index is 1.47. The predicted molar refractivity (Wildman–Crippen MR) is 160 cm³/mol. The normalized spacial score (nSPS) is 11.4. The van der Waals surface area contributed by atoms with E-state index in [2.05, 4.69) is 27.5 Å². The third kappa shape index (κ3) is 4.94. The second-order valence-corrected chi connectivity index (χ2v) is 9.93. The highest BCUT2D eigenvalue weighted by atomic mass is 16.5. The van der Waals surface area contributed by atoms with Gasteiger partial charge in [-0.3, -0.25) is 9.36 Å². The van der Waals surface area contributed by atoms with Crippen LogP contribution in [0.4, 0.5) is 0 Å². The van der Waals surface area contributed by atoms with Crippen molar-refractivity contribution in [2.45, 2.75) is 32.9 Å². The first kappa shape index (κ1) is 27.0. The van der Waals surface area contributed by atoms with Crippen LogP contribution in [0, 0.1) is 0 Å². The summed E-state index contributed by atoms with van der Waals surface area (Å²) in [6, 6.07) is 25.4. The number of hydrogen-bond acceptors (Lipinski definition) is 7. The highest BCUT2D eigenvalue weighted by molar-refractivity contribution is 5.80. The standard InChI is InChI=1S/C31H30N8O3/c1-3-9-26-32-29-27(30(40)37(18-19-42-2)31(41)39(29)23-10-5-4-6-11-23)38(26)20-21-14-16-22(17-15-21)24-12-7-8-13-25(24)28-33-35-36-34-28/h4-8,10-17H,3,9,18-20H2,1-2H3,(H,33,34,35,36). The number of para-hydroxylation sites is 1. The lowest BCUT2D eigenvalue weighted by Gasteiger charge is -2.13. The molecule has 3 aromatic carbocycles. The van der Waals surface area contributed by atoms with Crippen LogP contribution < -0.4 is 11.2 Å². The fourth-order valence-electron chi connectivity index (χ4n) is 5.24. The Hall–Kier alpha value is -5.16. The number of H-pyrrole nitrogens is 1. The van der Waals surface area contributed by atoms with E-state index in [4.69, 9.17) is 9.72 Å². The molecule has 0 fully saturated rings. The molecule has 3 heterocycles. The molecule has 212 valence electrons. The van der Waals surface area contributed by atoms with Gasteiger partial charge < -0.3 is 9.30 Å². The quantitative estimate of drug-likeness (QED) is 0.269. The lowest BCUT2D eigenvalue weighted by Crippen LogP contribution is -2.41. The maximum atomic E-state index is 13.9. The van der Waals surface area contributed by atoms with Crippen molar-refractivity contribution in [3.05, 3.63) is 111 Å². The van der Waals surface area contributed by atoms with Gasteiger partial charge in [0.15, 0.2) is 17.0 Å². The number of nitrogens with zero attached hydrogens (tertiary/aromatic N) is 7. The van der Waals surface area contributed by atoms with Crippen molar-refractivity contribution in [1.29, 1.82) is 0 Å². The molecule has 0 saturated carbocycles. The number of ether oxygens (including phenoxy) is 1. The summed E-state index contributed by atoms with van der Waals surface area (Å²) in [6.45, 7) is 2.87. The molecule has 11 heteroatoms. The Kier molecular flexibility index (Phi) is 7.56. The molecule has 0 radical (unpaired) electrons. The van der Waals surface area contributed by atoms with Crippen molar-refractivity contribution >= 4 is 11.2 Å². The first-order valence-corrected chi connectivity index (χ1v) is 13.8. The van der Waals surface area contributed by atoms with Crippen molar-refractivity contribution in [2.75, 3.05) is 13.7 Å². The Morgan fingerprint density at radius 3 is 2.31 bits per heavy atom. The van der Waals surface area contributed by atoms with Crippen LogP contribution in [0.5, 0.6) is 0 Å². The third-order valence-corrected chi connectivity index (χ3v) is 7.25. The molecule has 0 bridgehead atoms. The lowest BCUT2D eigenvalue weighted by atomic mass is 9.98. The summed E-state index contributed by atoms with van der Waals surface area (Å²) in [5.41, 5.74) is 4.49. The van der Waals surface area contributed by atoms with Crippen LogP contribution in [-0.4, -0.2) is 53.0 Å². The number of nitrogens with one attached hydrogen (secondary N) is 1. The summed E-state index contributed by atoms with van der Waals surface area (Å²) in [5.74, 6) is 1.35. The second-order valence-electron chi connectivity index (χ2n) is 9.93. The number of hydrogen-bond donors (Lipinski definition) is 1. The Morgan fingerprint density at radius 1 is 0.881 bits per heavy atom. The topological polar surface area (TPSA) is 126 Å². The average Bonchev–Trinajstić information content (AvgIpc) is 3.68. The number of aromatic amines is 1. The molecule has 6 aromatic rings. The molecule has 1 N–H and O–H groups in total. The van der Waals surface area contributed by atoms with E-state index in [-0.39, 0.29) is 18.7 Å². The van der Waals surface area contributed by atoms with Gasteiger partial charge in [-0.25, -0.2) is 19.4 Å². The fraction of sp³-hybridized carbons (Fsp3) is 0.226. The molecule has 0 amide bonds. The van der Waals surface area contributed by atoms with E-state index in [9.17, 15) is 9.59 Å². The minimum Gasteiger partial charge on any atom is -0.383 e. The van der Waals surface area contributed by atoms with E-state index in [0.29, 0.717) is 35.6 Å². The summed E-state index contributed by atoms with van der Waals surface area (Å²) in [5, 5.41) is 14.3. The molecule has 0 saturated heterocycles. The summed E-state index contributed by atoms with van der Waals surface area (Å²) in [7, 11) is 1.55. The van der Waals surface area contributed by atoms with E-state index >= 15 is 0 Å². The number of rotatable bonds is 10. The maximum Gasteiger partial charge on any atom is 0.337 e. The van der Waals surface area contributed by atoms with Gasteiger partial charge in [0.25, 0.3) is 5.56 Å². The van der Waals surface area contributed by atoms with E-state index in [0.717, 1.165) is 34.5 Å². The van der Waals surface area contributed by atoms with Crippen LogP contribution in [-0.2, 0) is 24.2 Å². The van der Waals surface area contributed by atoms with E-state index in [1.165, 1.54) is 9.13 Å². The zero-order valence-corrected chi connectivity index (χ0v) is 23.4. The number of tetrazole rings is 1. The molecule has 6 rings (SSSR count). The number of fused-ring (bicyclic) bond motifs is 1. The Morgan fingerprint density at radius 2 is 1.62 bits per heavy atom. The number of benzene rings is 3. The van der Waals surface area contributed by atoms with Crippen LogP contribution in [0.1, 0.15) is 24.7 Å². The van der Waals surface area contributed by atoms with Crippen molar-refractivity contribution in [2.24, 2.45) is 0 Å². The fourth-order valence-corrected chi connectivity index (χ4v) is 5.24. The molecule has 0 aliphatic heterocycles. The zero-order chi connectivity index (χ0) is 29.1. The van der Waals surface area contributed by atoms with E-state index in [1.807, 2.05) is 83.4 Å². The molecule has 0 spiro atoms. The molecular weight excluding hydrogens is 532 g/mol. The monoisotopic (exact) mass is 562 g/mol. The Bertz CT molecular complexity index is 1940. The van der Waals surface area contributed by atoms with Gasteiger partial charge >= 0.3 is 5.69 Å². The third-order valence-electron chi connectivity index (χ3n) is 7.25. The number of methoxy groups -OCH3 is 1. The number of aromatic nitrogens is 8. The molecule has 0 unspecified atom stereocenters. The SMILES string of the molecule is CCCc1nc2c(c(=O)n(CCOC)c(=O)n2-c2ccccc2)n1Cc1ccc(-c2ccccc2-c2nnn[nH]2)cc1. The van der Waals surface area contributed by atoms with Gasteiger partial charge in [-0.2, -0.15) is 0 Å².